The molecule has 1 aromatic rings. The van der Waals surface area contributed by atoms with Gasteiger partial charge >= 0.3 is 0 Å². The van der Waals surface area contributed by atoms with Crippen LogP contribution in [0.4, 0.5) is 14.6 Å². The summed E-state index contributed by atoms with van der Waals surface area (Å²) in [7, 11) is 0. The van der Waals surface area contributed by atoms with Gasteiger partial charge in [0.1, 0.15) is 11.5 Å². The van der Waals surface area contributed by atoms with E-state index >= 15 is 0 Å². The number of hydrogen-bond donors (Lipinski definition) is 1. The van der Waals surface area contributed by atoms with Crippen molar-refractivity contribution in [1.82, 2.24) is 4.98 Å². The second-order valence-corrected chi connectivity index (χ2v) is 2.59. The molecule has 13 heavy (non-hydrogen) atoms. The third kappa shape index (κ3) is 2.12. The Morgan fingerprint density at radius 3 is 2.54 bits per heavy atom. The maximum Gasteiger partial charge on any atom is 0.270 e. The number of carbonyl (C=O) groups excluding carboxylic acids is 1. The molecule has 1 rings (SSSR count). The highest BCUT2D eigenvalue weighted by Gasteiger charge is 2.14. The smallest absolute Gasteiger partial charge is 0.270 e. The Labute approximate surface area is 77.5 Å². The third-order valence-electron chi connectivity index (χ3n) is 1.39. The first-order chi connectivity index (χ1) is 6.02. The molecule has 0 saturated heterocycles. The molecule has 6 heteroatoms. The first kappa shape index (κ1) is 9.85. The molecule has 0 saturated carbocycles. The fraction of sp³-hybridized carbons (Fsp3) is 0.143. The Morgan fingerprint density at radius 1 is 1.54 bits per heavy atom. The molecule has 0 spiro atoms. The lowest BCUT2D eigenvalue weighted by Gasteiger charge is -2.03. The van der Waals surface area contributed by atoms with Crippen LogP contribution in [0.3, 0.4) is 0 Å². The van der Waals surface area contributed by atoms with E-state index in [1.807, 2.05) is 0 Å². The van der Waals surface area contributed by atoms with Gasteiger partial charge in [-0.25, -0.2) is 13.8 Å². The molecular weight excluding hydrogens is 202 g/mol. The van der Waals surface area contributed by atoms with Crippen molar-refractivity contribution in [2.45, 2.75) is 6.43 Å². The van der Waals surface area contributed by atoms with E-state index < -0.39 is 17.2 Å². The fourth-order valence-electron chi connectivity index (χ4n) is 0.780. The van der Waals surface area contributed by atoms with Crippen molar-refractivity contribution in [3.8, 4) is 0 Å². The topological polar surface area (TPSA) is 56.0 Å². The molecule has 0 fully saturated rings. The van der Waals surface area contributed by atoms with Gasteiger partial charge in [0, 0.05) is 0 Å². The van der Waals surface area contributed by atoms with Crippen LogP contribution in [0.5, 0.6) is 0 Å². The maximum atomic E-state index is 12.1. The SMILES string of the molecule is Nc1nc(C(=O)Cl)ccc1C(F)F. The van der Waals surface area contributed by atoms with Crippen LogP contribution in [0.15, 0.2) is 12.1 Å². The maximum absolute atomic E-state index is 12.1. The Morgan fingerprint density at radius 2 is 2.15 bits per heavy atom. The van der Waals surface area contributed by atoms with Gasteiger partial charge in [-0.1, -0.05) is 0 Å². The summed E-state index contributed by atoms with van der Waals surface area (Å²) in [6.07, 6.45) is -2.70. The minimum atomic E-state index is -2.70. The summed E-state index contributed by atoms with van der Waals surface area (Å²) in [5.74, 6) is -0.374. The highest BCUT2D eigenvalue weighted by molar-refractivity contribution is 6.67. The zero-order valence-corrected chi connectivity index (χ0v) is 7.05. The summed E-state index contributed by atoms with van der Waals surface area (Å²) in [5.41, 5.74) is 4.62. The molecule has 0 bridgehead atoms. The normalized spacial score (nSPS) is 10.5. The van der Waals surface area contributed by atoms with Crippen molar-refractivity contribution in [1.29, 1.82) is 0 Å². The number of carbonyl (C=O) groups is 1. The summed E-state index contributed by atoms with van der Waals surface area (Å²) in [6, 6.07) is 2.13. The van der Waals surface area contributed by atoms with Gasteiger partial charge in [0.25, 0.3) is 11.7 Å². The molecule has 0 aliphatic heterocycles. The van der Waals surface area contributed by atoms with Gasteiger partial charge in [0.05, 0.1) is 5.56 Å². The molecule has 0 aliphatic rings. The lowest BCUT2D eigenvalue weighted by atomic mass is 10.2. The molecule has 2 N–H and O–H groups in total. The zero-order valence-electron chi connectivity index (χ0n) is 6.30. The first-order valence-corrected chi connectivity index (χ1v) is 3.64. The van der Waals surface area contributed by atoms with E-state index in [1.54, 1.807) is 0 Å². The van der Waals surface area contributed by atoms with Crippen LogP contribution >= 0.6 is 11.6 Å². The van der Waals surface area contributed by atoms with Crippen LogP contribution in [0.2, 0.25) is 0 Å². The third-order valence-corrected chi connectivity index (χ3v) is 1.59. The van der Waals surface area contributed by atoms with Gasteiger partial charge in [-0.15, -0.1) is 0 Å². The lowest BCUT2D eigenvalue weighted by molar-refractivity contribution is 0.107. The van der Waals surface area contributed by atoms with Crippen molar-refractivity contribution in [3.05, 3.63) is 23.4 Å². The average molecular weight is 207 g/mol. The summed E-state index contributed by atoms with van der Waals surface area (Å²) in [4.78, 5) is 13.9. The number of nitrogens with zero attached hydrogens (tertiary/aromatic N) is 1. The number of anilines is 1. The fourth-order valence-corrected chi connectivity index (χ4v) is 0.885. The van der Waals surface area contributed by atoms with Crippen LogP contribution < -0.4 is 5.73 Å². The lowest BCUT2D eigenvalue weighted by Crippen LogP contribution is -2.02. The zero-order chi connectivity index (χ0) is 10.0. The second-order valence-electron chi connectivity index (χ2n) is 2.25. The molecule has 0 aliphatic carbocycles. The molecule has 70 valence electrons. The minimum Gasteiger partial charge on any atom is -0.383 e. The average Bonchev–Trinajstić information content (AvgIpc) is 2.03. The van der Waals surface area contributed by atoms with Crippen molar-refractivity contribution in [2.75, 3.05) is 5.73 Å². The van der Waals surface area contributed by atoms with Crippen LogP contribution in [-0.2, 0) is 0 Å². The van der Waals surface area contributed by atoms with Gasteiger partial charge in [-0.2, -0.15) is 0 Å². The Balaban J connectivity index is 3.13. The van der Waals surface area contributed by atoms with E-state index in [9.17, 15) is 13.6 Å². The number of pyridine rings is 1. The Hall–Kier alpha value is -1.23. The standard InChI is InChI=1S/C7H5ClF2N2O/c8-5(13)4-2-1-3(6(9)10)7(11)12-4/h1-2,6H,(H2,11,12). The van der Waals surface area contributed by atoms with Gasteiger partial charge in [-0.05, 0) is 23.7 Å². The van der Waals surface area contributed by atoms with E-state index in [1.165, 1.54) is 0 Å². The number of aromatic nitrogens is 1. The van der Waals surface area contributed by atoms with Crippen molar-refractivity contribution < 1.29 is 13.6 Å². The largest absolute Gasteiger partial charge is 0.383 e. The van der Waals surface area contributed by atoms with Gasteiger partial charge < -0.3 is 5.73 Å². The highest BCUT2D eigenvalue weighted by atomic mass is 35.5. The molecule has 0 amide bonds. The van der Waals surface area contributed by atoms with Crippen LogP contribution in [0, 0.1) is 0 Å². The Bertz CT molecular complexity index is 343. The first-order valence-electron chi connectivity index (χ1n) is 3.26. The van der Waals surface area contributed by atoms with Crippen molar-refractivity contribution in [2.24, 2.45) is 0 Å². The predicted octanol–water partition coefficient (Wildman–Crippen LogP) is 1.98. The molecule has 0 radical (unpaired) electrons. The number of alkyl halides is 2. The predicted molar refractivity (Wildman–Crippen MR) is 43.8 cm³/mol. The van der Waals surface area contributed by atoms with E-state index in [0.717, 1.165) is 12.1 Å². The van der Waals surface area contributed by atoms with Crippen molar-refractivity contribution in [3.63, 3.8) is 0 Å². The molecule has 0 aromatic carbocycles. The van der Waals surface area contributed by atoms with Gasteiger partial charge in [0.2, 0.25) is 0 Å². The van der Waals surface area contributed by atoms with Crippen molar-refractivity contribution >= 4 is 22.7 Å². The minimum absolute atomic E-state index is 0.136. The highest BCUT2D eigenvalue weighted by Crippen LogP contribution is 2.23. The molecule has 1 aromatic heterocycles. The molecule has 0 unspecified atom stereocenters. The number of halogens is 3. The van der Waals surface area contributed by atoms with Gasteiger partial charge in [-0.3, -0.25) is 4.79 Å². The van der Waals surface area contributed by atoms with E-state index in [2.05, 4.69) is 4.98 Å². The number of hydrogen-bond acceptors (Lipinski definition) is 3. The Kier molecular flexibility index (Phi) is 2.77. The van der Waals surface area contributed by atoms with E-state index in [-0.39, 0.29) is 11.5 Å². The summed E-state index contributed by atoms with van der Waals surface area (Å²) in [6.45, 7) is 0. The number of nitrogens with two attached hydrogens (primary N) is 1. The van der Waals surface area contributed by atoms with E-state index in [0.29, 0.717) is 0 Å². The molecule has 3 nitrogen and oxygen atoms in total. The molecule has 1 heterocycles. The number of rotatable bonds is 2. The molecular formula is C7H5ClF2N2O. The second kappa shape index (κ2) is 3.66. The van der Waals surface area contributed by atoms with Crippen LogP contribution in [0.25, 0.3) is 0 Å². The quantitative estimate of drug-likeness (QED) is 0.753. The summed E-state index contributed by atoms with van der Waals surface area (Å²) in [5, 5.41) is -0.826. The number of nitrogen functional groups attached to an aromatic ring is 1. The van der Waals surface area contributed by atoms with Crippen LogP contribution in [0.1, 0.15) is 22.5 Å². The molecule has 0 atom stereocenters. The van der Waals surface area contributed by atoms with Gasteiger partial charge in [0.15, 0.2) is 0 Å². The monoisotopic (exact) mass is 206 g/mol. The van der Waals surface area contributed by atoms with Crippen LogP contribution in [-0.4, -0.2) is 10.2 Å². The summed E-state index contributed by atoms with van der Waals surface area (Å²) >= 11 is 5.06. The summed E-state index contributed by atoms with van der Waals surface area (Å²) < 4.78 is 24.2. The van der Waals surface area contributed by atoms with E-state index in [4.69, 9.17) is 17.3 Å².